The number of hydrogen-bond donors (Lipinski definition) is 0. The molecule has 124 valence electrons. The average molecular weight is 413 g/mol. The first-order chi connectivity index (χ1) is 12.0. The number of carbonyl (C=O) groups excluding carboxylic acids is 2. The quantitative estimate of drug-likeness (QED) is 0.329. The fourth-order valence-electron chi connectivity index (χ4n) is 2.39. The van der Waals surface area contributed by atoms with Crippen molar-refractivity contribution >= 4 is 69.8 Å². The number of anilines is 2. The van der Waals surface area contributed by atoms with Crippen molar-refractivity contribution in [2.24, 2.45) is 0 Å². The number of hydrogen-bond acceptors (Lipinski definition) is 3. The molecule has 1 fully saturated rings. The van der Waals surface area contributed by atoms with E-state index in [0.717, 1.165) is 4.47 Å². The van der Waals surface area contributed by atoms with Crippen LogP contribution in [-0.2, 0) is 9.59 Å². The minimum absolute atomic E-state index is 0.120. The third kappa shape index (κ3) is 4.06. The Labute approximate surface area is 161 Å². The Kier molecular flexibility index (Phi) is 6.28. The Morgan fingerprint density at radius 3 is 2.00 bits per heavy atom. The van der Waals surface area contributed by atoms with Crippen LogP contribution in [-0.4, -0.2) is 24.8 Å². The second-order valence-electron chi connectivity index (χ2n) is 4.99. The van der Waals surface area contributed by atoms with Crippen LogP contribution in [0.3, 0.4) is 0 Å². The van der Waals surface area contributed by atoms with Crippen molar-refractivity contribution in [3.8, 4) is 0 Å². The molecule has 1 aliphatic rings. The van der Waals surface area contributed by atoms with Crippen LogP contribution in [0.25, 0.3) is 0 Å². The van der Waals surface area contributed by atoms with Gasteiger partial charge in [-0.3, -0.25) is 19.4 Å². The number of carbonyl (C=O) groups is 2. The molecule has 0 aliphatic carbocycles. The van der Waals surface area contributed by atoms with Crippen molar-refractivity contribution < 1.29 is 9.59 Å². The van der Waals surface area contributed by atoms with Gasteiger partial charge in [-0.1, -0.05) is 39.6 Å². The normalized spacial score (nSPS) is 14.2. The van der Waals surface area contributed by atoms with Crippen molar-refractivity contribution in [1.29, 1.82) is 0 Å². The predicted octanol–water partition coefficient (Wildman–Crippen LogP) is 3.10. The highest BCUT2D eigenvalue weighted by atomic mass is 79.9. The minimum atomic E-state index is -0.364. The molecule has 3 rings (SSSR count). The largest absolute Gasteiger partial charge is 0.273 e. The summed E-state index contributed by atoms with van der Waals surface area (Å²) in [6.45, 7) is 6.00. The van der Waals surface area contributed by atoms with Gasteiger partial charge < -0.3 is 0 Å². The standard InChI is InChI=1S/C16H10BBrN2O2S.C2H4/c17-10-3-1-5-12(7-10)19-14(21)9-15(22)20(16(19)23)13-6-2-4-11(18)8-13;1-2/h1-8H,9H2;1-2H2. The highest BCUT2D eigenvalue weighted by Crippen LogP contribution is 2.27. The zero-order chi connectivity index (χ0) is 18.6. The summed E-state index contributed by atoms with van der Waals surface area (Å²) in [5, 5.41) is 0.120. The van der Waals surface area contributed by atoms with E-state index in [1.54, 1.807) is 42.5 Å². The maximum atomic E-state index is 12.3. The summed E-state index contributed by atoms with van der Waals surface area (Å²) in [5.41, 5.74) is 1.67. The molecule has 0 bridgehead atoms. The lowest BCUT2D eigenvalue weighted by atomic mass is 9.95. The van der Waals surface area contributed by atoms with Crippen LogP contribution in [0.15, 0.2) is 66.2 Å². The van der Waals surface area contributed by atoms with Gasteiger partial charge in [0.05, 0.1) is 11.4 Å². The maximum Gasteiger partial charge on any atom is 0.242 e. The first-order valence-electron chi connectivity index (χ1n) is 7.28. The van der Waals surface area contributed by atoms with Gasteiger partial charge in [0.2, 0.25) is 11.8 Å². The van der Waals surface area contributed by atoms with Gasteiger partial charge in [0, 0.05) is 4.47 Å². The van der Waals surface area contributed by atoms with E-state index in [1.807, 2.05) is 6.07 Å². The summed E-state index contributed by atoms with van der Waals surface area (Å²) >= 11 is 8.78. The lowest BCUT2D eigenvalue weighted by Gasteiger charge is -2.35. The Hall–Kier alpha value is -2.25. The van der Waals surface area contributed by atoms with Crippen LogP contribution < -0.4 is 15.3 Å². The number of amides is 2. The minimum Gasteiger partial charge on any atom is -0.273 e. The fourth-order valence-corrected chi connectivity index (χ4v) is 3.19. The van der Waals surface area contributed by atoms with Crippen LogP contribution in [0.2, 0.25) is 0 Å². The summed E-state index contributed by atoms with van der Waals surface area (Å²) in [5.74, 6) is -0.713. The van der Waals surface area contributed by atoms with Crippen LogP contribution in [0.5, 0.6) is 0 Å². The Morgan fingerprint density at radius 2 is 1.48 bits per heavy atom. The first-order valence-corrected chi connectivity index (χ1v) is 8.48. The molecule has 0 N–H and O–H groups in total. The van der Waals surface area contributed by atoms with Gasteiger partial charge in [-0.15, -0.1) is 13.2 Å². The van der Waals surface area contributed by atoms with Gasteiger partial charge in [-0.25, -0.2) is 0 Å². The molecule has 25 heavy (non-hydrogen) atoms. The summed E-state index contributed by atoms with van der Waals surface area (Å²) in [7, 11) is 5.78. The molecular formula is C18H14BBrN2O2S. The van der Waals surface area contributed by atoms with Crippen molar-refractivity contribution in [3.63, 3.8) is 0 Å². The first kappa shape index (κ1) is 19.1. The lowest BCUT2D eigenvalue weighted by Crippen LogP contribution is -2.55. The zero-order valence-corrected chi connectivity index (χ0v) is 15.7. The number of thiocarbonyl (C=S) groups is 1. The van der Waals surface area contributed by atoms with Gasteiger partial charge in [-0.2, -0.15) is 0 Å². The molecule has 0 aromatic heterocycles. The molecule has 2 aromatic rings. The molecule has 1 heterocycles. The smallest absolute Gasteiger partial charge is 0.242 e. The molecule has 1 saturated heterocycles. The van der Waals surface area contributed by atoms with Gasteiger partial charge in [0.1, 0.15) is 14.3 Å². The molecule has 0 unspecified atom stereocenters. The van der Waals surface area contributed by atoms with E-state index in [0.29, 0.717) is 16.8 Å². The summed E-state index contributed by atoms with van der Waals surface area (Å²) in [4.78, 5) is 27.3. The molecule has 0 spiro atoms. The highest BCUT2D eigenvalue weighted by molar-refractivity contribution is 9.10. The number of rotatable bonds is 2. The Bertz CT molecular complexity index is 778. The van der Waals surface area contributed by atoms with Crippen molar-refractivity contribution in [1.82, 2.24) is 0 Å². The Balaban J connectivity index is 0.00000109. The predicted molar refractivity (Wildman–Crippen MR) is 109 cm³/mol. The molecule has 2 radical (unpaired) electrons. The second kappa shape index (κ2) is 8.22. The van der Waals surface area contributed by atoms with Crippen LogP contribution in [0.1, 0.15) is 6.42 Å². The second-order valence-corrected chi connectivity index (χ2v) is 6.27. The zero-order valence-electron chi connectivity index (χ0n) is 13.3. The molecule has 0 saturated carbocycles. The summed E-state index contributed by atoms with van der Waals surface area (Å²) in [6, 6.07) is 14.0. The van der Waals surface area contributed by atoms with Crippen LogP contribution >= 0.6 is 28.1 Å². The van der Waals surface area contributed by atoms with E-state index < -0.39 is 0 Å². The third-order valence-electron chi connectivity index (χ3n) is 3.38. The molecule has 0 atom stereocenters. The molecule has 7 heteroatoms. The van der Waals surface area contributed by atoms with E-state index in [1.165, 1.54) is 9.80 Å². The maximum absolute atomic E-state index is 12.3. The molecular weight excluding hydrogens is 399 g/mol. The number of benzene rings is 2. The van der Waals surface area contributed by atoms with Crippen molar-refractivity contribution in [2.45, 2.75) is 6.42 Å². The van der Waals surface area contributed by atoms with Crippen LogP contribution in [0, 0.1) is 0 Å². The van der Waals surface area contributed by atoms with E-state index in [4.69, 9.17) is 20.1 Å². The van der Waals surface area contributed by atoms with E-state index in [-0.39, 0.29) is 23.3 Å². The number of halogens is 1. The third-order valence-corrected chi connectivity index (χ3v) is 4.24. The van der Waals surface area contributed by atoms with E-state index >= 15 is 0 Å². The fraction of sp³-hybridized carbons (Fsp3) is 0.0556. The topological polar surface area (TPSA) is 40.6 Å². The van der Waals surface area contributed by atoms with Crippen molar-refractivity contribution in [3.05, 3.63) is 66.2 Å². The lowest BCUT2D eigenvalue weighted by molar-refractivity contribution is -0.126. The van der Waals surface area contributed by atoms with E-state index in [2.05, 4.69) is 29.1 Å². The van der Waals surface area contributed by atoms with Gasteiger partial charge in [0.25, 0.3) is 0 Å². The highest BCUT2D eigenvalue weighted by Gasteiger charge is 2.36. The van der Waals surface area contributed by atoms with Gasteiger partial charge >= 0.3 is 0 Å². The van der Waals surface area contributed by atoms with Gasteiger partial charge in [-0.05, 0) is 42.5 Å². The number of nitrogens with zero attached hydrogens (tertiary/aromatic N) is 2. The molecule has 4 nitrogen and oxygen atoms in total. The van der Waals surface area contributed by atoms with E-state index in [9.17, 15) is 9.59 Å². The van der Waals surface area contributed by atoms with Crippen LogP contribution in [0.4, 0.5) is 11.4 Å². The summed E-state index contributed by atoms with van der Waals surface area (Å²) in [6.07, 6.45) is -0.249. The summed E-state index contributed by atoms with van der Waals surface area (Å²) < 4.78 is 0.818. The van der Waals surface area contributed by atoms with Crippen molar-refractivity contribution in [2.75, 3.05) is 9.80 Å². The molecule has 1 aliphatic heterocycles. The van der Waals surface area contributed by atoms with Gasteiger partial charge in [0.15, 0.2) is 5.11 Å². The average Bonchev–Trinajstić information content (AvgIpc) is 2.56. The molecule has 2 aromatic carbocycles. The Morgan fingerprint density at radius 1 is 0.960 bits per heavy atom. The monoisotopic (exact) mass is 412 g/mol. The molecule has 2 amide bonds. The SMILES string of the molecule is C=C.[B]c1cccc(N2C(=O)CC(=O)N(c3cccc(Br)c3)C2=S)c1.